The molecule has 7 heteroatoms. The monoisotopic (exact) mass is 295 g/mol. The first-order chi connectivity index (χ1) is 10.9. The standard InChI is InChI=1S/C15H17N7/c1-2-21-12-13(11-17-21)10-16-9-8-15-18-19-20-22(15)14-6-4-3-5-7-14/h2-7,11-12,16H,1,8-10H2. The molecule has 0 saturated heterocycles. The van der Waals surface area contributed by atoms with Crippen molar-refractivity contribution in [2.45, 2.75) is 13.0 Å². The van der Waals surface area contributed by atoms with E-state index in [1.807, 2.05) is 42.7 Å². The second-order valence-corrected chi connectivity index (χ2v) is 4.78. The lowest BCUT2D eigenvalue weighted by atomic mass is 10.3. The molecule has 0 aliphatic carbocycles. The molecule has 0 bridgehead atoms. The molecule has 7 nitrogen and oxygen atoms in total. The highest BCUT2D eigenvalue weighted by Gasteiger charge is 2.07. The van der Waals surface area contributed by atoms with Crippen LogP contribution in [0.5, 0.6) is 0 Å². The van der Waals surface area contributed by atoms with E-state index in [4.69, 9.17) is 0 Å². The number of tetrazole rings is 1. The Morgan fingerprint density at radius 2 is 2.09 bits per heavy atom. The van der Waals surface area contributed by atoms with Crippen LogP contribution >= 0.6 is 0 Å². The van der Waals surface area contributed by atoms with Gasteiger partial charge in [-0.3, -0.25) is 0 Å². The van der Waals surface area contributed by atoms with Crippen LogP contribution in [-0.2, 0) is 13.0 Å². The van der Waals surface area contributed by atoms with E-state index in [1.165, 1.54) is 0 Å². The van der Waals surface area contributed by atoms with Crippen LogP contribution in [0.4, 0.5) is 0 Å². The minimum absolute atomic E-state index is 0.748. The number of nitrogens with one attached hydrogen (secondary N) is 1. The number of aromatic nitrogens is 6. The summed E-state index contributed by atoms with van der Waals surface area (Å²) < 4.78 is 3.45. The van der Waals surface area contributed by atoms with Crippen molar-refractivity contribution in [2.75, 3.05) is 6.54 Å². The molecule has 3 rings (SSSR count). The van der Waals surface area contributed by atoms with Crippen LogP contribution in [0.25, 0.3) is 11.9 Å². The highest BCUT2D eigenvalue weighted by Crippen LogP contribution is 2.07. The van der Waals surface area contributed by atoms with Crippen LogP contribution in [-0.4, -0.2) is 36.5 Å². The predicted molar refractivity (Wildman–Crippen MR) is 83.2 cm³/mol. The van der Waals surface area contributed by atoms with Gasteiger partial charge in [-0.2, -0.15) is 9.78 Å². The number of nitrogens with zero attached hydrogens (tertiary/aromatic N) is 6. The van der Waals surface area contributed by atoms with E-state index in [9.17, 15) is 0 Å². The minimum atomic E-state index is 0.748. The van der Waals surface area contributed by atoms with E-state index < -0.39 is 0 Å². The molecule has 0 amide bonds. The number of hydrogen-bond donors (Lipinski definition) is 1. The molecule has 0 saturated carbocycles. The van der Waals surface area contributed by atoms with Crippen LogP contribution in [0.3, 0.4) is 0 Å². The van der Waals surface area contributed by atoms with E-state index in [1.54, 1.807) is 15.6 Å². The molecule has 2 aromatic heterocycles. The predicted octanol–water partition coefficient (Wildman–Crippen LogP) is 1.29. The minimum Gasteiger partial charge on any atom is -0.312 e. The summed E-state index contributed by atoms with van der Waals surface area (Å²) in [6.45, 7) is 5.20. The van der Waals surface area contributed by atoms with Gasteiger partial charge in [-0.05, 0) is 22.6 Å². The van der Waals surface area contributed by atoms with E-state index in [0.717, 1.165) is 36.6 Å². The third kappa shape index (κ3) is 3.26. The zero-order valence-electron chi connectivity index (χ0n) is 12.1. The Morgan fingerprint density at radius 1 is 1.23 bits per heavy atom. The van der Waals surface area contributed by atoms with Gasteiger partial charge < -0.3 is 5.32 Å². The molecule has 3 aromatic rings. The molecule has 0 fully saturated rings. The van der Waals surface area contributed by atoms with Crippen molar-refractivity contribution >= 4 is 6.20 Å². The van der Waals surface area contributed by atoms with Crippen molar-refractivity contribution in [3.63, 3.8) is 0 Å². The Bertz CT molecular complexity index is 729. The molecule has 22 heavy (non-hydrogen) atoms. The molecule has 112 valence electrons. The first kappa shape index (κ1) is 14.2. The van der Waals surface area contributed by atoms with Crippen molar-refractivity contribution in [1.82, 2.24) is 35.3 Å². The number of para-hydroxylation sites is 1. The van der Waals surface area contributed by atoms with Gasteiger partial charge in [0.1, 0.15) is 0 Å². The lowest BCUT2D eigenvalue weighted by molar-refractivity contribution is 0.656. The molecule has 1 aromatic carbocycles. The summed E-state index contributed by atoms with van der Waals surface area (Å²) in [6, 6.07) is 9.87. The van der Waals surface area contributed by atoms with Gasteiger partial charge in [0.25, 0.3) is 0 Å². The highest BCUT2D eigenvalue weighted by molar-refractivity contribution is 5.30. The van der Waals surface area contributed by atoms with Crippen LogP contribution in [0.1, 0.15) is 11.4 Å². The van der Waals surface area contributed by atoms with Crippen LogP contribution in [0, 0.1) is 0 Å². The topological polar surface area (TPSA) is 73.5 Å². The van der Waals surface area contributed by atoms with Gasteiger partial charge >= 0.3 is 0 Å². The third-order valence-corrected chi connectivity index (χ3v) is 3.23. The summed E-state index contributed by atoms with van der Waals surface area (Å²) >= 11 is 0. The Kier molecular flexibility index (Phi) is 4.35. The highest BCUT2D eigenvalue weighted by atomic mass is 15.5. The molecular weight excluding hydrogens is 278 g/mol. The Morgan fingerprint density at radius 3 is 2.86 bits per heavy atom. The Balaban J connectivity index is 1.54. The van der Waals surface area contributed by atoms with Gasteiger partial charge in [0.2, 0.25) is 0 Å². The number of hydrogen-bond acceptors (Lipinski definition) is 5. The quantitative estimate of drug-likeness (QED) is 0.665. The Hall–Kier alpha value is -2.80. The Labute approximate surface area is 128 Å². The summed E-state index contributed by atoms with van der Waals surface area (Å²) in [5.74, 6) is 0.834. The number of rotatable bonds is 7. The summed E-state index contributed by atoms with van der Waals surface area (Å²) in [5.41, 5.74) is 2.08. The summed E-state index contributed by atoms with van der Waals surface area (Å²) in [6.07, 6.45) is 6.17. The summed E-state index contributed by atoms with van der Waals surface area (Å²) in [7, 11) is 0. The molecule has 0 radical (unpaired) electrons. The zero-order chi connectivity index (χ0) is 15.2. The van der Waals surface area contributed by atoms with Gasteiger partial charge in [0.15, 0.2) is 5.82 Å². The van der Waals surface area contributed by atoms with E-state index >= 15 is 0 Å². The van der Waals surface area contributed by atoms with Gasteiger partial charge in [0, 0.05) is 37.5 Å². The van der Waals surface area contributed by atoms with Crippen LogP contribution in [0.15, 0.2) is 49.3 Å². The van der Waals surface area contributed by atoms with E-state index in [-0.39, 0.29) is 0 Å². The van der Waals surface area contributed by atoms with Crippen LogP contribution < -0.4 is 5.32 Å². The van der Waals surface area contributed by atoms with E-state index in [0.29, 0.717) is 0 Å². The molecule has 0 aliphatic heterocycles. The largest absolute Gasteiger partial charge is 0.312 e. The fourth-order valence-electron chi connectivity index (χ4n) is 2.13. The third-order valence-electron chi connectivity index (χ3n) is 3.23. The van der Waals surface area contributed by atoms with Gasteiger partial charge in [-0.15, -0.1) is 5.10 Å². The zero-order valence-corrected chi connectivity index (χ0v) is 12.1. The van der Waals surface area contributed by atoms with Gasteiger partial charge in [-0.1, -0.05) is 24.8 Å². The average molecular weight is 295 g/mol. The molecule has 0 atom stereocenters. The molecule has 2 heterocycles. The first-order valence-corrected chi connectivity index (χ1v) is 7.06. The first-order valence-electron chi connectivity index (χ1n) is 7.06. The lowest BCUT2D eigenvalue weighted by Gasteiger charge is -2.05. The maximum atomic E-state index is 4.14. The van der Waals surface area contributed by atoms with Gasteiger partial charge in [-0.25, -0.2) is 4.68 Å². The SMILES string of the molecule is C=Cn1cc(CNCCc2nnnn2-c2ccccc2)cn1. The second-order valence-electron chi connectivity index (χ2n) is 4.78. The molecule has 0 spiro atoms. The van der Waals surface area contributed by atoms with Gasteiger partial charge in [0.05, 0.1) is 11.9 Å². The van der Waals surface area contributed by atoms with E-state index in [2.05, 4.69) is 32.5 Å². The summed E-state index contributed by atoms with van der Waals surface area (Å²) in [4.78, 5) is 0. The maximum absolute atomic E-state index is 4.14. The molecular formula is C15H17N7. The van der Waals surface area contributed by atoms with Crippen molar-refractivity contribution in [3.05, 3.63) is 60.7 Å². The molecule has 0 aliphatic rings. The second kappa shape index (κ2) is 6.77. The maximum Gasteiger partial charge on any atom is 0.157 e. The normalized spacial score (nSPS) is 10.7. The smallest absolute Gasteiger partial charge is 0.157 e. The fraction of sp³-hybridized carbons (Fsp3) is 0.200. The van der Waals surface area contributed by atoms with Crippen molar-refractivity contribution in [2.24, 2.45) is 0 Å². The van der Waals surface area contributed by atoms with Crippen molar-refractivity contribution < 1.29 is 0 Å². The molecule has 0 unspecified atom stereocenters. The van der Waals surface area contributed by atoms with Crippen molar-refractivity contribution in [1.29, 1.82) is 0 Å². The lowest BCUT2D eigenvalue weighted by Crippen LogP contribution is -2.18. The van der Waals surface area contributed by atoms with Crippen LogP contribution in [0.2, 0.25) is 0 Å². The summed E-state index contributed by atoms with van der Waals surface area (Å²) in [5, 5.41) is 19.4. The molecule has 1 N–H and O–H groups in total. The number of benzene rings is 1. The van der Waals surface area contributed by atoms with Crippen molar-refractivity contribution in [3.8, 4) is 5.69 Å². The average Bonchev–Trinajstić information content (AvgIpc) is 3.21. The fourth-order valence-corrected chi connectivity index (χ4v) is 2.13.